The lowest BCUT2D eigenvalue weighted by Crippen LogP contribution is -2.12. The summed E-state index contributed by atoms with van der Waals surface area (Å²) in [6.07, 6.45) is 6.14. The Morgan fingerprint density at radius 2 is 1.50 bits per heavy atom. The molecule has 0 N–H and O–H groups in total. The molecule has 1 atom stereocenters. The predicted octanol–water partition coefficient (Wildman–Crippen LogP) is 5.75. The first-order chi connectivity index (χ1) is 15.5. The van der Waals surface area contributed by atoms with Gasteiger partial charge in [-0.2, -0.15) is 0 Å². The number of hydrogen-bond donors (Lipinski definition) is 0. The van der Waals surface area contributed by atoms with Gasteiger partial charge in [-0.15, -0.1) is 6.58 Å². The maximum Gasteiger partial charge on any atom is 0.197 e. The van der Waals surface area contributed by atoms with Crippen molar-refractivity contribution in [3.05, 3.63) is 119 Å². The van der Waals surface area contributed by atoms with Gasteiger partial charge in [0.1, 0.15) is 5.82 Å². The minimum absolute atomic E-state index is 0.104. The minimum Gasteiger partial charge on any atom is -0.356 e. The summed E-state index contributed by atoms with van der Waals surface area (Å²) in [6.45, 7) is 3.78. The van der Waals surface area contributed by atoms with Crippen molar-refractivity contribution in [3.63, 3.8) is 0 Å². The number of aromatic nitrogens is 1. The average Bonchev–Trinajstić information content (AvgIpc) is 2.80. The van der Waals surface area contributed by atoms with Crippen LogP contribution in [0.25, 0.3) is 22.3 Å². The zero-order chi connectivity index (χ0) is 22.7. The zero-order valence-electron chi connectivity index (χ0n) is 17.6. The highest BCUT2D eigenvalue weighted by atomic mass is 32.2. The van der Waals surface area contributed by atoms with Crippen molar-refractivity contribution in [2.45, 2.75) is 16.2 Å². The third-order valence-corrected chi connectivity index (χ3v) is 6.51. The van der Waals surface area contributed by atoms with Crippen LogP contribution in [0.5, 0.6) is 0 Å². The third kappa shape index (κ3) is 4.53. The highest BCUT2D eigenvalue weighted by Gasteiger charge is 2.14. The monoisotopic (exact) mass is 443 g/mol. The summed E-state index contributed by atoms with van der Waals surface area (Å²) in [6, 6.07) is 20.6. The number of aryl methyl sites for hydroxylation is 1. The molecule has 3 nitrogen and oxygen atoms in total. The zero-order valence-corrected chi connectivity index (χ0v) is 18.4. The van der Waals surface area contributed by atoms with Gasteiger partial charge in [0, 0.05) is 40.4 Å². The molecule has 0 saturated heterocycles. The van der Waals surface area contributed by atoms with Gasteiger partial charge >= 0.3 is 0 Å². The molecule has 0 amide bonds. The van der Waals surface area contributed by atoms with Crippen LogP contribution in [0.15, 0.2) is 112 Å². The molecule has 0 spiro atoms. The van der Waals surface area contributed by atoms with Crippen LogP contribution in [0.2, 0.25) is 0 Å². The number of allylic oxidation sites excluding steroid dienone is 1. The maximum atomic E-state index is 13.6. The highest BCUT2D eigenvalue weighted by molar-refractivity contribution is 7.85. The first-order valence-corrected chi connectivity index (χ1v) is 11.3. The second-order valence-corrected chi connectivity index (χ2v) is 9.01. The summed E-state index contributed by atoms with van der Waals surface area (Å²) in [5.41, 5.74) is 3.58. The van der Waals surface area contributed by atoms with Gasteiger partial charge in [0.15, 0.2) is 5.43 Å². The first-order valence-electron chi connectivity index (χ1n) is 10.1. The summed E-state index contributed by atoms with van der Waals surface area (Å²) < 4.78 is 28.4. The normalized spacial score (nSPS) is 11.8. The van der Waals surface area contributed by atoms with Crippen LogP contribution < -0.4 is 5.43 Å². The van der Waals surface area contributed by atoms with E-state index >= 15 is 0 Å². The Morgan fingerprint density at radius 3 is 2.16 bits per heavy atom. The molecule has 3 aromatic carbocycles. The Hall–Kier alpha value is -3.57. The van der Waals surface area contributed by atoms with E-state index in [0.717, 1.165) is 17.5 Å². The summed E-state index contributed by atoms with van der Waals surface area (Å²) >= 11 is 0. The lowest BCUT2D eigenvalue weighted by molar-refractivity contribution is 0.622. The Bertz CT molecular complexity index is 1390. The molecule has 0 fully saturated rings. The summed E-state index contributed by atoms with van der Waals surface area (Å²) in [7, 11) is 0.312. The molecule has 160 valence electrons. The molecule has 0 saturated carbocycles. The van der Waals surface area contributed by atoms with Crippen LogP contribution in [-0.2, 0) is 24.3 Å². The van der Waals surface area contributed by atoms with Gasteiger partial charge in [-0.1, -0.05) is 48.5 Å². The number of halogens is 1. The van der Waals surface area contributed by atoms with Gasteiger partial charge in [-0.05, 0) is 53.4 Å². The molecule has 4 rings (SSSR count). The third-order valence-electron chi connectivity index (χ3n) is 5.14. The molecule has 1 unspecified atom stereocenters. The Morgan fingerprint density at radius 1 is 0.906 bits per heavy atom. The molecule has 4 aromatic rings. The smallest absolute Gasteiger partial charge is 0.197 e. The van der Waals surface area contributed by atoms with Gasteiger partial charge in [0.05, 0.1) is 10.8 Å². The van der Waals surface area contributed by atoms with Crippen molar-refractivity contribution >= 4 is 10.8 Å². The molecule has 1 heterocycles. The van der Waals surface area contributed by atoms with Gasteiger partial charge < -0.3 is 4.57 Å². The van der Waals surface area contributed by atoms with E-state index < -0.39 is 16.6 Å². The molecular weight excluding hydrogens is 421 g/mol. The van der Waals surface area contributed by atoms with Crippen molar-refractivity contribution in [2.75, 3.05) is 0 Å². The molecule has 0 aliphatic carbocycles. The quantitative estimate of drug-likeness (QED) is 0.356. The van der Waals surface area contributed by atoms with Crippen molar-refractivity contribution in [1.82, 2.24) is 4.57 Å². The number of rotatable bonds is 6. The lowest BCUT2D eigenvalue weighted by Gasteiger charge is -2.11. The van der Waals surface area contributed by atoms with Gasteiger partial charge in [0.25, 0.3) is 0 Å². The summed E-state index contributed by atoms with van der Waals surface area (Å²) in [5, 5.41) is 0. The van der Waals surface area contributed by atoms with Crippen LogP contribution >= 0.6 is 0 Å². The van der Waals surface area contributed by atoms with Crippen LogP contribution in [-0.4, -0.2) is 8.78 Å². The van der Waals surface area contributed by atoms with E-state index in [1.807, 2.05) is 54.2 Å². The molecule has 5 heteroatoms. The number of benzene rings is 3. The van der Waals surface area contributed by atoms with Crippen molar-refractivity contribution in [2.24, 2.45) is 7.05 Å². The second-order valence-electron chi connectivity index (χ2n) is 7.53. The summed E-state index contributed by atoms with van der Waals surface area (Å²) in [4.78, 5) is 14.3. The molecule has 32 heavy (non-hydrogen) atoms. The summed E-state index contributed by atoms with van der Waals surface area (Å²) in [5.74, 6) is -0.438. The Balaban J connectivity index is 1.79. The Labute approximate surface area is 189 Å². The SMILES string of the molecule is C=CCc1cccc(-c2cn(C)cc(-c3cccc(S(=O)c4cccc(F)c4)c3)c2=O)c1. The van der Waals surface area contributed by atoms with Crippen molar-refractivity contribution < 1.29 is 8.60 Å². The second kappa shape index (κ2) is 9.28. The van der Waals surface area contributed by atoms with Crippen LogP contribution in [0, 0.1) is 5.82 Å². The van der Waals surface area contributed by atoms with Crippen molar-refractivity contribution in [3.8, 4) is 22.3 Å². The van der Waals surface area contributed by atoms with Gasteiger partial charge in [-0.3, -0.25) is 4.79 Å². The average molecular weight is 444 g/mol. The van der Waals surface area contributed by atoms with Crippen molar-refractivity contribution in [1.29, 1.82) is 0 Å². The standard InChI is InChI=1S/C27H22FNO2S/c1-3-7-19-8-4-9-20(14-19)25-17-29(2)18-26(27(25)30)21-10-5-12-23(15-21)32(31)24-13-6-11-22(28)16-24/h3-6,8-18H,1,7H2,2H3. The topological polar surface area (TPSA) is 39.1 Å². The van der Waals surface area contributed by atoms with E-state index in [9.17, 15) is 13.4 Å². The fourth-order valence-corrected chi connectivity index (χ4v) is 4.78. The molecule has 0 aliphatic rings. The Kier molecular flexibility index (Phi) is 6.28. The molecular formula is C27H22FNO2S. The highest BCUT2D eigenvalue weighted by Crippen LogP contribution is 2.25. The molecule has 0 aliphatic heterocycles. The first kappa shape index (κ1) is 21.7. The van der Waals surface area contributed by atoms with E-state index in [2.05, 4.69) is 6.58 Å². The van der Waals surface area contributed by atoms with Gasteiger partial charge in [0.2, 0.25) is 0 Å². The van der Waals surface area contributed by atoms with E-state index in [4.69, 9.17) is 0 Å². The fourth-order valence-electron chi connectivity index (χ4n) is 3.65. The van der Waals surface area contributed by atoms with E-state index in [1.54, 1.807) is 30.5 Å². The van der Waals surface area contributed by atoms with E-state index in [1.165, 1.54) is 18.2 Å². The number of hydrogen-bond acceptors (Lipinski definition) is 2. The predicted molar refractivity (Wildman–Crippen MR) is 128 cm³/mol. The maximum absolute atomic E-state index is 13.6. The molecule has 0 bridgehead atoms. The van der Waals surface area contributed by atoms with Crippen LogP contribution in [0.1, 0.15) is 5.56 Å². The lowest BCUT2D eigenvalue weighted by atomic mass is 9.99. The van der Waals surface area contributed by atoms with Crippen LogP contribution in [0.4, 0.5) is 4.39 Å². The number of nitrogens with zero attached hydrogens (tertiary/aromatic N) is 1. The van der Waals surface area contributed by atoms with Crippen LogP contribution in [0.3, 0.4) is 0 Å². The molecule has 0 radical (unpaired) electrons. The largest absolute Gasteiger partial charge is 0.356 e. The van der Waals surface area contributed by atoms with E-state index in [0.29, 0.717) is 26.5 Å². The molecule has 1 aromatic heterocycles. The van der Waals surface area contributed by atoms with Gasteiger partial charge in [-0.25, -0.2) is 8.60 Å². The number of pyridine rings is 1. The van der Waals surface area contributed by atoms with E-state index in [-0.39, 0.29) is 5.43 Å². The minimum atomic E-state index is -1.56. The fraction of sp³-hybridized carbons (Fsp3) is 0.0741.